The highest BCUT2D eigenvalue weighted by molar-refractivity contribution is 8.76. The van der Waals surface area contributed by atoms with Crippen LogP contribution in [0, 0.1) is 12.3 Å². The van der Waals surface area contributed by atoms with Crippen molar-refractivity contribution in [3.8, 4) is 5.75 Å². The van der Waals surface area contributed by atoms with Gasteiger partial charge in [0.25, 0.3) is 5.91 Å². The molecule has 1 unspecified atom stereocenters. The topological polar surface area (TPSA) is 135 Å². The van der Waals surface area contributed by atoms with Crippen molar-refractivity contribution in [3.63, 3.8) is 0 Å². The van der Waals surface area contributed by atoms with Crippen molar-refractivity contribution < 1.29 is 33.8 Å². The molecule has 44 heavy (non-hydrogen) atoms. The number of ether oxygens (including phenoxy) is 2. The summed E-state index contributed by atoms with van der Waals surface area (Å²) in [5.74, 6) is 0.410. The Morgan fingerprint density at radius 2 is 1.95 bits per heavy atom. The Bertz CT molecular complexity index is 1220. The molecule has 1 aliphatic rings. The van der Waals surface area contributed by atoms with Crippen LogP contribution in [0.25, 0.3) is 0 Å². The molecule has 242 valence electrons. The molecular weight excluding hydrogens is 603 g/mol. The lowest BCUT2D eigenvalue weighted by atomic mass is 9.89. The van der Waals surface area contributed by atoms with E-state index in [2.05, 4.69) is 31.1 Å². The first-order valence-corrected chi connectivity index (χ1v) is 17.1. The number of rotatable bonds is 14. The van der Waals surface area contributed by atoms with Crippen LogP contribution in [0.1, 0.15) is 82.1 Å². The van der Waals surface area contributed by atoms with Gasteiger partial charge in [-0.25, -0.2) is 9.78 Å². The second-order valence-electron chi connectivity index (χ2n) is 11.8. The number of pyridine rings is 1. The van der Waals surface area contributed by atoms with Gasteiger partial charge in [-0.05, 0) is 79.5 Å². The predicted octanol–water partition coefficient (Wildman–Crippen LogP) is 6.77. The maximum atomic E-state index is 13.6. The highest BCUT2D eigenvalue weighted by atomic mass is 33.1. The summed E-state index contributed by atoms with van der Waals surface area (Å²) in [5.41, 5.74) is 1.86. The molecule has 1 fully saturated rings. The number of hydrogen-bond acceptors (Lipinski definition) is 10. The highest BCUT2D eigenvalue weighted by Crippen LogP contribution is 2.34. The van der Waals surface area contributed by atoms with Crippen LogP contribution in [0.15, 0.2) is 41.6 Å². The fraction of sp³-hybridized carbons (Fsp3) is 0.562. The van der Waals surface area contributed by atoms with Crippen LogP contribution in [0.5, 0.6) is 5.75 Å². The van der Waals surface area contributed by atoms with E-state index in [0.717, 1.165) is 42.7 Å². The standard InChI is InChI=1S/C31H45N3O5S2.CO2/c1-22-18-25(29(36)34-16-11-12-24(34)20-35)26(19-27(22)38-17-10-6-8-14-31(3,4)5)33-30(37)39-21-23(2)40-41-28-13-7-9-15-32-28;2-1-3/h7,9,13,15,18-19,23-24,35H,6,8,10-12,14,16-17,20-21H2,1-5H3,(H,33,37);/t23?,24-;/m0./s1. The van der Waals surface area contributed by atoms with Crippen LogP contribution in [-0.4, -0.2) is 70.8 Å². The Kier molecular flexibility index (Phi) is 16.3. The zero-order valence-electron chi connectivity index (χ0n) is 26.3. The molecule has 2 N–H and O–H groups in total. The molecule has 0 aliphatic carbocycles. The number of amides is 2. The smallest absolute Gasteiger partial charge is 0.411 e. The number of aliphatic hydroxyl groups excluding tert-OH is 1. The van der Waals surface area contributed by atoms with Crippen molar-refractivity contribution in [2.45, 2.75) is 89.5 Å². The molecule has 1 aromatic heterocycles. The molecule has 1 aliphatic heterocycles. The van der Waals surface area contributed by atoms with Crippen LogP contribution in [0.3, 0.4) is 0 Å². The van der Waals surface area contributed by atoms with Gasteiger partial charge in [0, 0.05) is 24.1 Å². The Morgan fingerprint density at radius 1 is 1.20 bits per heavy atom. The molecule has 0 saturated carbocycles. The van der Waals surface area contributed by atoms with E-state index in [1.807, 2.05) is 32.0 Å². The summed E-state index contributed by atoms with van der Waals surface area (Å²) in [6.45, 7) is 11.9. The third kappa shape index (κ3) is 13.3. The van der Waals surface area contributed by atoms with Crippen molar-refractivity contribution in [2.75, 3.05) is 31.7 Å². The zero-order valence-corrected chi connectivity index (χ0v) is 27.9. The fourth-order valence-electron chi connectivity index (χ4n) is 4.58. The minimum atomic E-state index is -0.633. The van der Waals surface area contributed by atoms with Gasteiger partial charge in [0.2, 0.25) is 0 Å². The van der Waals surface area contributed by atoms with E-state index in [1.54, 1.807) is 34.0 Å². The van der Waals surface area contributed by atoms with Crippen molar-refractivity contribution in [1.82, 2.24) is 9.88 Å². The normalized spacial score (nSPS) is 15.0. The molecule has 2 aromatic rings. The summed E-state index contributed by atoms with van der Waals surface area (Å²) in [4.78, 5) is 48.6. The lowest BCUT2D eigenvalue weighted by Gasteiger charge is -2.25. The largest absolute Gasteiger partial charge is 0.493 e. The number of unbranched alkanes of at least 4 members (excludes halogenated alkanes) is 2. The van der Waals surface area contributed by atoms with Crippen molar-refractivity contribution in [3.05, 3.63) is 47.7 Å². The maximum absolute atomic E-state index is 13.6. The molecule has 1 aromatic carbocycles. The molecule has 3 rings (SSSR count). The first-order valence-electron chi connectivity index (χ1n) is 14.9. The molecule has 0 spiro atoms. The number of hydrogen-bond donors (Lipinski definition) is 2. The van der Waals surface area contributed by atoms with E-state index in [9.17, 15) is 14.7 Å². The van der Waals surface area contributed by atoms with Crippen LogP contribution in [-0.2, 0) is 14.3 Å². The van der Waals surface area contributed by atoms with E-state index in [4.69, 9.17) is 19.1 Å². The number of nitrogens with zero attached hydrogens (tertiary/aromatic N) is 2. The monoisotopic (exact) mass is 647 g/mol. The van der Waals surface area contributed by atoms with E-state index < -0.39 is 6.09 Å². The number of anilines is 1. The summed E-state index contributed by atoms with van der Waals surface area (Å²) in [6.07, 6.45) is 7.29. The van der Waals surface area contributed by atoms with E-state index >= 15 is 0 Å². The Labute approximate surface area is 268 Å². The van der Waals surface area contributed by atoms with Gasteiger partial charge in [-0.15, -0.1) is 0 Å². The second kappa shape index (κ2) is 19.4. The SMILES string of the molecule is Cc1cc(C(=O)N2CCC[C@H]2CO)c(NC(=O)OCC(C)SSc2ccccn2)cc1OCCCCCC(C)(C)C.O=C=O. The molecule has 0 radical (unpaired) electrons. The van der Waals surface area contributed by atoms with Gasteiger partial charge in [0.15, 0.2) is 0 Å². The third-order valence-corrected chi connectivity index (χ3v) is 9.60. The summed E-state index contributed by atoms with van der Waals surface area (Å²) < 4.78 is 11.6. The average Bonchev–Trinajstić information content (AvgIpc) is 3.47. The number of carbonyl (C=O) groups is 2. The molecule has 10 nitrogen and oxygen atoms in total. The fourth-order valence-corrected chi connectivity index (χ4v) is 6.46. The number of likely N-dealkylation sites (tertiary alicyclic amines) is 1. The molecule has 1 saturated heterocycles. The molecule has 0 bridgehead atoms. The predicted molar refractivity (Wildman–Crippen MR) is 173 cm³/mol. The van der Waals surface area contributed by atoms with E-state index in [1.165, 1.54) is 17.2 Å². The first-order chi connectivity index (χ1) is 21.0. The van der Waals surface area contributed by atoms with Gasteiger partial charge < -0.3 is 19.5 Å². The lowest BCUT2D eigenvalue weighted by molar-refractivity contribution is -0.191. The van der Waals surface area contributed by atoms with E-state index in [-0.39, 0.29) is 36.6 Å². The number of benzene rings is 1. The highest BCUT2D eigenvalue weighted by Gasteiger charge is 2.31. The van der Waals surface area contributed by atoms with Crippen molar-refractivity contribution in [1.29, 1.82) is 0 Å². The number of nitrogens with one attached hydrogen (secondary N) is 1. The van der Waals surface area contributed by atoms with Crippen LogP contribution >= 0.6 is 21.6 Å². The summed E-state index contributed by atoms with van der Waals surface area (Å²) >= 11 is 0. The van der Waals surface area contributed by atoms with Crippen LogP contribution in [0.2, 0.25) is 0 Å². The Balaban J connectivity index is 0.00000216. The quantitative estimate of drug-likeness (QED) is 0.167. The van der Waals surface area contributed by atoms with Crippen LogP contribution < -0.4 is 10.1 Å². The first kappa shape index (κ1) is 37.1. The van der Waals surface area contributed by atoms with Gasteiger partial charge in [-0.2, -0.15) is 9.59 Å². The minimum Gasteiger partial charge on any atom is -0.493 e. The van der Waals surface area contributed by atoms with Gasteiger partial charge in [-0.3, -0.25) is 10.1 Å². The molecule has 2 atom stereocenters. The molecule has 2 heterocycles. The zero-order chi connectivity index (χ0) is 32.5. The third-order valence-electron chi connectivity index (χ3n) is 6.84. The van der Waals surface area contributed by atoms with Gasteiger partial charge >= 0.3 is 12.2 Å². The summed E-state index contributed by atoms with van der Waals surface area (Å²) in [6, 6.07) is 9.00. The lowest BCUT2D eigenvalue weighted by Crippen LogP contribution is -2.38. The maximum Gasteiger partial charge on any atom is 0.411 e. The second-order valence-corrected chi connectivity index (χ2v) is 14.5. The number of aryl methyl sites for hydroxylation is 1. The van der Waals surface area contributed by atoms with Gasteiger partial charge in [-0.1, -0.05) is 50.5 Å². The number of aromatic nitrogens is 1. The van der Waals surface area contributed by atoms with Crippen molar-refractivity contribution in [2.24, 2.45) is 5.41 Å². The van der Waals surface area contributed by atoms with Gasteiger partial charge in [0.1, 0.15) is 17.4 Å². The Hall–Kier alpha value is -3.05. The van der Waals surface area contributed by atoms with Crippen molar-refractivity contribution >= 4 is 45.4 Å². The average molecular weight is 648 g/mol. The van der Waals surface area contributed by atoms with Gasteiger partial charge in [0.05, 0.1) is 30.5 Å². The minimum absolute atomic E-state index is 0.0268. The molecular formula is C32H45N3O7S2. The summed E-state index contributed by atoms with van der Waals surface area (Å²) in [7, 11) is 3.10. The number of carbonyl (C=O) groups excluding carboxylic acids is 4. The molecule has 12 heteroatoms. The molecule has 2 amide bonds. The summed E-state index contributed by atoms with van der Waals surface area (Å²) in [5, 5.41) is 13.5. The number of aliphatic hydroxyl groups is 1. The van der Waals surface area contributed by atoms with E-state index in [0.29, 0.717) is 35.6 Å². The van der Waals surface area contributed by atoms with Crippen LogP contribution in [0.4, 0.5) is 10.5 Å². The Morgan fingerprint density at radius 3 is 2.61 bits per heavy atom.